The highest BCUT2D eigenvalue weighted by Crippen LogP contribution is 2.22. The summed E-state index contributed by atoms with van der Waals surface area (Å²) in [5, 5.41) is 2.91. The Hall–Kier alpha value is -2.74. The van der Waals surface area contributed by atoms with Gasteiger partial charge in [0.2, 0.25) is 0 Å². The minimum atomic E-state index is -0.238. The fourth-order valence-corrected chi connectivity index (χ4v) is 3.56. The van der Waals surface area contributed by atoms with E-state index in [1.165, 1.54) is 0 Å². The third kappa shape index (κ3) is 3.71. The van der Waals surface area contributed by atoms with E-state index in [-0.39, 0.29) is 11.8 Å². The average molecular weight is 369 g/mol. The molecule has 2 aliphatic heterocycles. The molecule has 2 amide bonds. The molecule has 142 valence electrons. The molecule has 0 aromatic carbocycles. The Morgan fingerprint density at radius 2 is 1.89 bits per heavy atom. The predicted octanol–water partition coefficient (Wildman–Crippen LogP) is 1.02. The lowest BCUT2D eigenvalue weighted by atomic mass is 10.1. The summed E-state index contributed by atoms with van der Waals surface area (Å²) in [6, 6.07) is 3.71. The van der Waals surface area contributed by atoms with Crippen LogP contribution in [0.2, 0.25) is 0 Å². The number of carbonyl (C=O) groups is 2. The first-order valence-corrected chi connectivity index (χ1v) is 9.37. The zero-order valence-corrected chi connectivity index (χ0v) is 15.2. The topological polar surface area (TPSA) is 89.3 Å². The molecule has 0 aliphatic carbocycles. The number of pyridine rings is 1. The van der Waals surface area contributed by atoms with Crippen molar-refractivity contribution in [3.05, 3.63) is 47.3 Å². The van der Waals surface area contributed by atoms with Crippen molar-refractivity contribution in [1.29, 1.82) is 0 Å². The first kappa shape index (κ1) is 17.7. The number of hydrogen-bond acceptors (Lipinski definition) is 5. The largest absolute Gasteiger partial charge is 0.378 e. The van der Waals surface area contributed by atoms with Crippen molar-refractivity contribution in [3.8, 4) is 0 Å². The van der Waals surface area contributed by atoms with Crippen molar-refractivity contribution in [2.75, 3.05) is 26.3 Å². The number of nitrogens with zero attached hydrogens (tertiary/aromatic N) is 4. The van der Waals surface area contributed by atoms with E-state index in [1.54, 1.807) is 17.3 Å². The van der Waals surface area contributed by atoms with Gasteiger partial charge in [-0.2, -0.15) is 0 Å². The van der Waals surface area contributed by atoms with Crippen LogP contribution < -0.4 is 5.32 Å². The van der Waals surface area contributed by atoms with Crippen molar-refractivity contribution in [2.24, 2.45) is 0 Å². The molecule has 0 bridgehead atoms. The van der Waals surface area contributed by atoms with Crippen molar-refractivity contribution in [2.45, 2.75) is 32.4 Å². The van der Waals surface area contributed by atoms with Crippen LogP contribution in [0, 0.1) is 0 Å². The van der Waals surface area contributed by atoms with E-state index in [1.807, 2.05) is 16.7 Å². The third-order valence-corrected chi connectivity index (χ3v) is 5.02. The van der Waals surface area contributed by atoms with Gasteiger partial charge in [0.15, 0.2) is 5.82 Å². The molecule has 8 nitrogen and oxygen atoms in total. The molecule has 1 saturated heterocycles. The zero-order chi connectivity index (χ0) is 18.6. The smallest absolute Gasteiger partial charge is 0.290 e. The van der Waals surface area contributed by atoms with Gasteiger partial charge in [0.1, 0.15) is 5.69 Å². The molecule has 0 unspecified atom stereocenters. The summed E-state index contributed by atoms with van der Waals surface area (Å²) in [6.07, 6.45) is 6.14. The number of fused-ring (bicyclic) bond motifs is 1. The molecule has 4 heterocycles. The number of ether oxygens (including phenoxy) is 1. The van der Waals surface area contributed by atoms with Crippen LogP contribution in [0.25, 0.3) is 0 Å². The molecule has 2 aromatic heterocycles. The van der Waals surface area contributed by atoms with Crippen molar-refractivity contribution in [3.63, 3.8) is 0 Å². The van der Waals surface area contributed by atoms with Gasteiger partial charge < -0.3 is 19.5 Å². The second-order valence-corrected chi connectivity index (χ2v) is 6.78. The molecule has 2 aliphatic rings. The molecule has 0 spiro atoms. The van der Waals surface area contributed by atoms with Crippen molar-refractivity contribution < 1.29 is 14.3 Å². The van der Waals surface area contributed by atoms with E-state index < -0.39 is 0 Å². The number of imidazole rings is 1. The molecule has 2 aromatic rings. The second kappa shape index (κ2) is 7.87. The maximum absolute atomic E-state index is 12.9. The summed E-state index contributed by atoms with van der Waals surface area (Å²) >= 11 is 0. The molecule has 0 atom stereocenters. The maximum atomic E-state index is 12.9. The lowest BCUT2D eigenvalue weighted by Crippen LogP contribution is -2.42. The molecule has 4 rings (SSSR count). The first-order chi connectivity index (χ1) is 13.2. The quantitative estimate of drug-likeness (QED) is 0.869. The van der Waals surface area contributed by atoms with E-state index >= 15 is 0 Å². The molecular formula is C19H23N5O3. The van der Waals surface area contributed by atoms with Gasteiger partial charge in [0, 0.05) is 38.6 Å². The minimum Gasteiger partial charge on any atom is -0.378 e. The molecule has 1 N–H and O–H groups in total. The van der Waals surface area contributed by atoms with E-state index in [9.17, 15) is 9.59 Å². The standard InChI is InChI=1S/C19H23N5O3/c25-18(21-13-14-4-6-20-7-5-14)16-15-3-1-2-8-24(15)17(22-16)19(26)23-9-11-27-12-10-23/h4-7H,1-3,8-13H2,(H,21,25). The highest BCUT2D eigenvalue weighted by molar-refractivity contribution is 5.97. The Bertz CT molecular complexity index is 827. The van der Waals surface area contributed by atoms with Gasteiger partial charge >= 0.3 is 0 Å². The average Bonchev–Trinajstić information content (AvgIpc) is 3.13. The van der Waals surface area contributed by atoms with E-state index in [4.69, 9.17) is 4.74 Å². The second-order valence-electron chi connectivity index (χ2n) is 6.78. The van der Waals surface area contributed by atoms with Gasteiger partial charge in [-0.3, -0.25) is 14.6 Å². The fraction of sp³-hybridized carbons (Fsp3) is 0.474. The third-order valence-electron chi connectivity index (χ3n) is 5.02. The molecular weight excluding hydrogens is 346 g/mol. The number of morpholine rings is 1. The normalized spacial score (nSPS) is 16.7. The Labute approximate surface area is 157 Å². The monoisotopic (exact) mass is 369 g/mol. The van der Waals surface area contributed by atoms with Crippen molar-refractivity contribution >= 4 is 11.8 Å². The van der Waals surface area contributed by atoms with Crippen LogP contribution in [0.15, 0.2) is 24.5 Å². The predicted molar refractivity (Wildman–Crippen MR) is 97.3 cm³/mol. The van der Waals surface area contributed by atoms with Crippen LogP contribution >= 0.6 is 0 Å². The fourth-order valence-electron chi connectivity index (χ4n) is 3.56. The Morgan fingerprint density at radius 3 is 2.67 bits per heavy atom. The van der Waals surface area contributed by atoms with Gasteiger partial charge in [0.25, 0.3) is 11.8 Å². The minimum absolute atomic E-state index is 0.116. The van der Waals surface area contributed by atoms with Crippen LogP contribution in [-0.2, 0) is 24.2 Å². The number of carbonyl (C=O) groups excluding carboxylic acids is 2. The van der Waals surface area contributed by atoms with Crippen LogP contribution in [0.5, 0.6) is 0 Å². The first-order valence-electron chi connectivity index (χ1n) is 9.37. The highest BCUT2D eigenvalue weighted by atomic mass is 16.5. The molecule has 8 heteroatoms. The van der Waals surface area contributed by atoms with E-state index in [2.05, 4.69) is 15.3 Å². The van der Waals surface area contributed by atoms with E-state index in [0.717, 1.165) is 37.1 Å². The number of nitrogens with one attached hydrogen (secondary N) is 1. The summed E-state index contributed by atoms with van der Waals surface area (Å²) in [5.74, 6) is 0.0220. The Kier molecular flexibility index (Phi) is 5.15. The summed E-state index contributed by atoms with van der Waals surface area (Å²) < 4.78 is 7.26. The van der Waals surface area contributed by atoms with Crippen LogP contribution in [0.3, 0.4) is 0 Å². The number of rotatable bonds is 4. The Balaban J connectivity index is 1.56. The molecule has 27 heavy (non-hydrogen) atoms. The van der Waals surface area contributed by atoms with Crippen molar-refractivity contribution in [1.82, 2.24) is 24.8 Å². The van der Waals surface area contributed by atoms with Gasteiger partial charge in [0.05, 0.1) is 18.9 Å². The van der Waals surface area contributed by atoms with Gasteiger partial charge in [-0.05, 0) is 37.0 Å². The highest BCUT2D eigenvalue weighted by Gasteiger charge is 2.30. The molecule has 0 radical (unpaired) electrons. The lowest BCUT2D eigenvalue weighted by molar-refractivity contribution is 0.0291. The summed E-state index contributed by atoms with van der Waals surface area (Å²) in [4.78, 5) is 35.9. The lowest BCUT2D eigenvalue weighted by Gasteiger charge is -2.27. The SMILES string of the molecule is O=C(NCc1ccncc1)c1nc(C(=O)N2CCOCC2)n2c1CCCC2. The summed E-state index contributed by atoms with van der Waals surface area (Å²) in [5.41, 5.74) is 2.21. The van der Waals surface area contributed by atoms with Crippen LogP contribution in [-0.4, -0.2) is 57.6 Å². The van der Waals surface area contributed by atoms with Crippen LogP contribution in [0.4, 0.5) is 0 Å². The van der Waals surface area contributed by atoms with Gasteiger partial charge in [-0.1, -0.05) is 0 Å². The summed E-state index contributed by atoms with van der Waals surface area (Å²) in [6.45, 7) is 3.33. The molecule has 1 fully saturated rings. The zero-order valence-electron chi connectivity index (χ0n) is 15.2. The molecule has 0 saturated carbocycles. The summed E-state index contributed by atoms with van der Waals surface area (Å²) in [7, 11) is 0. The van der Waals surface area contributed by atoms with Gasteiger partial charge in [-0.25, -0.2) is 4.98 Å². The number of hydrogen-bond donors (Lipinski definition) is 1. The van der Waals surface area contributed by atoms with Crippen LogP contribution in [0.1, 0.15) is 45.2 Å². The Morgan fingerprint density at radius 1 is 1.11 bits per heavy atom. The van der Waals surface area contributed by atoms with E-state index in [0.29, 0.717) is 44.4 Å². The van der Waals surface area contributed by atoms with Gasteiger partial charge in [-0.15, -0.1) is 0 Å². The number of aromatic nitrogens is 3. The number of amides is 2. The maximum Gasteiger partial charge on any atom is 0.290 e.